The summed E-state index contributed by atoms with van der Waals surface area (Å²) in [5.41, 5.74) is -4.15. The van der Waals surface area contributed by atoms with Crippen LogP contribution in [0.2, 0.25) is 0 Å². The van der Waals surface area contributed by atoms with E-state index >= 15 is 0 Å². The van der Waals surface area contributed by atoms with Crippen molar-refractivity contribution in [2.45, 2.75) is 72.8 Å². The zero-order valence-corrected chi connectivity index (χ0v) is 22.2. The maximum atomic E-state index is 14.2. The molecule has 0 aromatic heterocycles. The lowest BCUT2D eigenvalue weighted by atomic mass is 9.40. The summed E-state index contributed by atoms with van der Waals surface area (Å²) in [5, 5.41) is 22.6. The second-order valence-corrected chi connectivity index (χ2v) is 11.9. The number of rotatable bonds is 3. The molecule has 1 aromatic rings. The summed E-state index contributed by atoms with van der Waals surface area (Å²) < 4.78 is 0. The van der Waals surface area contributed by atoms with Crippen molar-refractivity contribution in [1.29, 1.82) is 0 Å². The van der Waals surface area contributed by atoms with E-state index in [0.29, 0.717) is 17.5 Å². The molecule has 7 heteroatoms. The topological polar surface area (TPSA) is 126 Å². The second kappa shape index (κ2) is 8.73. The van der Waals surface area contributed by atoms with Gasteiger partial charge >= 0.3 is 0 Å². The predicted octanol–water partition coefficient (Wildman–Crippen LogP) is 3.24. The number of aliphatic hydroxyl groups is 1. The van der Waals surface area contributed by atoms with Gasteiger partial charge in [0.2, 0.25) is 0 Å². The van der Waals surface area contributed by atoms with Crippen molar-refractivity contribution in [2.75, 3.05) is 0 Å². The normalized spacial score (nSPS) is 34.9. The third kappa shape index (κ3) is 3.49. The number of Topliss-reactive ketones (excluding diaryl/α,β-unsaturated/α-hetero) is 5. The van der Waals surface area contributed by atoms with Gasteiger partial charge in [0.1, 0.15) is 17.5 Å². The fourth-order valence-corrected chi connectivity index (χ4v) is 7.54. The highest BCUT2D eigenvalue weighted by molar-refractivity contribution is 6.32. The number of ketones is 5. The Bertz CT molecular complexity index is 1310. The Labute approximate surface area is 217 Å². The maximum Gasteiger partial charge on any atom is 0.190 e. The summed E-state index contributed by atoms with van der Waals surface area (Å²) in [7, 11) is 0. The molecule has 0 amide bonds. The van der Waals surface area contributed by atoms with E-state index < -0.39 is 63.1 Å². The predicted molar refractivity (Wildman–Crippen MR) is 135 cm³/mol. The molecule has 0 bridgehead atoms. The van der Waals surface area contributed by atoms with E-state index in [-0.39, 0.29) is 30.1 Å². The van der Waals surface area contributed by atoms with Crippen LogP contribution < -0.4 is 0 Å². The average molecular weight is 507 g/mol. The maximum absolute atomic E-state index is 14.2. The number of carbonyl (C=O) groups excluding carboxylic acids is 5. The fraction of sp³-hybridized carbons (Fsp3) is 0.567. The monoisotopic (exact) mass is 506 g/mol. The van der Waals surface area contributed by atoms with E-state index in [1.54, 1.807) is 33.8 Å². The average Bonchev–Trinajstić information content (AvgIpc) is 2.77. The van der Waals surface area contributed by atoms with Gasteiger partial charge in [0.15, 0.2) is 28.7 Å². The van der Waals surface area contributed by atoms with Crippen molar-refractivity contribution < 1.29 is 34.2 Å². The van der Waals surface area contributed by atoms with E-state index in [0.717, 1.165) is 13.3 Å². The van der Waals surface area contributed by atoms with Crippen LogP contribution in [0.4, 0.5) is 0 Å². The number of carbonyl (C=O) groups is 5. The van der Waals surface area contributed by atoms with E-state index in [9.17, 15) is 34.2 Å². The van der Waals surface area contributed by atoms with Crippen LogP contribution in [0.25, 0.3) is 0 Å². The van der Waals surface area contributed by atoms with Gasteiger partial charge in [-0.1, -0.05) is 46.5 Å². The summed E-state index contributed by atoms with van der Waals surface area (Å²) in [6, 6.07) is 3.02. The quantitative estimate of drug-likeness (QED) is 0.476. The number of phenolic OH excluding ortho intramolecular Hbond substituents is 1. The van der Waals surface area contributed by atoms with Crippen molar-refractivity contribution in [1.82, 2.24) is 0 Å². The van der Waals surface area contributed by atoms with Crippen LogP contribution in [0.5, 0.6) is 5.75 Å². The largest absolute Gasteiger partial charge is 0.507 e. The zero-order chi connectivity index (χ0) is 27.7. The molecule has 3 unspecified atom stereocenters. The number of hydrogen-bond acceptors (Lipinski definition) is 7. The van der Waals surface area contributed by atoms with Gasteiger partial charge in [-0.2, -0.15) is 0 Å². The molecule has 1 aromatic carbocycles. The molecule has 0 radical (unpaired) electrons. The van der Waals surface area contributed by atoms with E-state index in [1.807, 2.05) is 6.92 Å². The molecule has 0 spiro atoms. The first-order valence-corrected chi connectivity index (χ1v) is 12.9. The second-order valence-electron chi connectivity index (χ2n) is 11.9. The molecule has 37 heavy (non-hydrogen) atoms. The lowest BCUT2D eigenvalue weighted by molar-refractivity contribution is -0.205. The molecule has 2 saturated carbocycles. The molecule has 0 heterocycles. The molecule has 3 aliphatic carbocycles. The number of fused-ring (bicyclic) bond motifs is 3. The summed E-state index contributed by atoms with van der Waals surface area (Å²) in [4.78, 5) is 67.6. The van der Waals surface area contributed by atoms with Crippen LogP contribution >= 0.6 is 0 Å². The molecule has 6 atom stereocenters. The first-order chi connectivity index (χ1) is 17.2. The molecule has 0 saturated heterocycles. The van der Waals surface area contributed by atoms with Gasteiger partial charge in [-0.05, 0) is 55.2 Å². The van der Waals surface area contributed by atoms with Crippen LogP contribution in [0.1, 0.15) is 82.3 Å². The summed E-state index contributed by atoms with van der Waals surface area (Å²) >= 11 is 0. The molecular formula is C30H34O7. The minimum Gasteiger partial charge on any atom is -0.507 e. The van der Waals surface area contributed by atoms with Crippen molar-refractivity contribution >= 4 is 28.9 Å². The van der Waals surface area contributed by atoms with E-state index in [2.05, 4.69) is 11.8 Å². The number of phenols is 1. The SMILES string of the molecule is CCCC#Cc1ccc(O)c2c1C[C@]1(C)C[C@]3(C)C(C(C)C)C(=O)C(C(C)=O)C(=O)[C@]3(O)C(=O)C1C2=O. The Morgan fingerprint density at radius 3 is 2.35 bits per heavy atom. The molecule has 2 N–H and O–H groups in total. The zero-order valence-electron chi connectivity index (χ0n) is 22.2. The van der Waals surface area contributed by atoms with Crippen molar-refractivity contribution in [3.63, 3.8) is 0 Å². The molecule has 4 rings (SSSR count). The molecule has 2 fully saturated rings. The third-order valence-corrected chi connectivity index (χ3v) is 8.86. The van der Waals surface area contributed by atoms with Gasteiger partial charge in [-0.25, -0.2) is 0 Å². The highest BCUT2D eigenvalue weighted by Crippen LogP contribution is 2.63. The van der Waals surface area contributed by atoms with Gasteiger partial charge in [0.05, 0.1) is 11.5 Å². The minimum atomic E-state index is -2.68. The van der Waals surface area contributed by atoms with Gasteiger partial charge in [0, 0.05) is 23.3 Å². The molecular weight excluding hydrogens is 472 g/mol. The van der Waals surface area contributed by atoms with Crippen LogP contribution in [-0.2, 0) is 25.6 Å². The lowest BCUT2D eigenvalue weighted by Crippen LogP contribution is -2.76. The third-order valence-electron chi connectivity index (χ3n) is 8.86. The number of unbranched alkanes of at least 4 members (excludes halogenated alkanes) is 1. The molecule has 7 nitrogen and oxygen atoms in total. The smallest absolute Gasteiger partial charge is 0.190 e. The first kappa shape index (κ1) is 26.9. The molecule has 3 aliphatic rings. The van der Waals surface area contributed by atoms with Gasteiger partial charge < -0.3 is 10.2 Å². The lowest BCUT2D eigenvalue weighted by Gasteiger charge is -2.61. The Balaban J connectivity index is 1.96. The number of hydrogen-bond donors (Lipinski definition) is 2. The Morgan fingerprint density at radius 2 is 1.78 bits per heavy atom. The minimum absolute atomic E-state index is 0.0193. The van der Waals surface area contributed by atoms with Gasteiger partial charge in [0.25, 0.3) is 0 Å². The highest BCUT2D eigenvalue weighted by atomic mass is 16.3. The van der Waals surface area contributed by atoms with Crippen molar-refractivity contribution in [2.24, 2.45) is 34.5 Å². The standard InChI is InChI=1S/C30H34O7/c1-7-8-9-10-17-11-12-19(32)21-18(17)13-28(5)14-29(6)22(15(2)3)24(33)20(16(4)31)26(35)30(29,37)27(36)23(28)25(21)34/h11-12,15,20,22-23,32,37H,7-8,13-14H2,1-6H3/t20?,22?,23?,28-,29-,30+/m1/s1. The summed E-state index contributed by atoms with van der Waals surface area (Å²) in [6.45, 7) is 9.95. The van der Waals surface area contributed by atoms with E-state index in [4.69, 9.17) is 0 Å². The van der Waals surface area contributed by atoms with Crippen LogP contribution in [0, 0.1) is 46.3 Å². The van der Waals surface area contributed by atoms with Gasteiger partial charge in [-0.3, -0.25) is 24.0 Å². The first-order valence-electron chi connectivity index (χ1n) is 12.9. The van der Waals surface area contributed by atoms with Crippen LogP contribution in [0.15, 0.2) is 12.1 Å². The van der Waals surface area contributed by atoms with Crippen LogP contribution in [-0.4, -0.2) is 44.7 Å². The summed E-state index contributed by atoms with van der Waals surface area (Å²) in [6.07, 6.45) is 1.74. The van der Waals surface area contributed by atoms with E-state index in [1.165, 1.54) is 6.07 Å². The Hall–Kier alpha value is -3.11. The Kier molecular flexibility index (Phi) is 6.36. The van der Waals surface area contributed by atoms with Crippen LogP contribution in [0.3, 0.4) is 0 Å². The fourth-order valence-electron chi connectivity index (χ4n) is 7.54. The Morgan fingerprint density at radius 1 is 1.14 bits per heavy atom. The molecule has 0 aliphatic heterocycles. The van der Waals surface area contributed by atoms with Gasteiger partial charge in [-0.15, -0.1) is 0 Å². The number of benzene rings is 1. The van der Waals surface area contributed by atoms with Crippen molar-refractivity contribution in [3.05, 3.63) is 28.8 Å². The summed E-state index contributed by atoms with van der Waals surface area (Å²) in [5.74, 6) is -2.75. The highest BCUT2D eigenvalue weighted by Gasteiger charge is 2.76. The van der Waals surface area contributed by atoms with Crippen molar-refractivity contribution in [3.8, 4) is 17.6 Å². The molecule has 196 valence electrons. The number of aromatic hydroxyl groups is 1.